The predicted octanol–water partition coefficient (Wildman–Crippen LogP) is 6.95. The summed E-state index contributed by atoms with van der Waals surface area (Å²) in [5.41, 5.74) is 3.18. The fourth-order valence-corrected chi connectivity index (χ4v) is 9.46. The minimum atomic E-state index is -0.687. The average molecular weight is 845 g/mol. The van der Waals surface area contributed by atoms with E-state index in [-0.39, 0.29) is 73.1 Å². The summed E-state index contributed by atoms with van der Waals surface area (Å²) >= 11 is 0. The summed E-state index contributed by atoms with van der Waals surface area (Å²) in [6.07, 6.45) is 16.9. The SMILES string of the molecule is CCCCCCCCCCCCCCNC(=O)C1CN(C(=O)c2ccc(C(=O)N3C[C@@H](C(=O)N[C@H]4C[C@@H]4c4ccccc4)[C@H](C(=O)N[C@H]4C[C@@H]4c4ccccc4)C3)cc2)CCN1. The van der Waals surface area contributed by atoms with E-state index in [9.17, 15) is 24.0 Å². The number of likely N-dealkylation sites (tertiary alicyclic amines) is 1. The molecule has 3 aromatic carbocycles. The third-order valence-corrected chi connectivity index (χ3v) is 13.5. The molecule has 332 valence electrons. The normalized spacial score (nSPS) is 24.0. The van der Waals surface area contributed by atoms with Crippen LogP contribution in [-0.4, -0.2) is 96.7 Å². The molecule has 11 heteroatoms. The number of piperazine rings is 1. The highest BCUT2D eigenvalue weighted by molar-refractivity contribution is 5.99. The Hall–Kier alpha value is -5.03. The lowest BCUT2D eigenvalue weighted by Crippen LogP contribution is -2.58. The zero-order valence-corrected chi connectivity index (χ0v) is 36.7. The van der Waals surface area contributed by atoms with Crippen LogP contribution < -0.4 is 21.3 Å². The van der Waals surface area contributed by atoms with Gasteiger partial charge < -0.3 is 31.1 Å². The Kier molecular flexibility index (Phi) is 16.2. The molecule has 0 bridgehead atoms. The molecule has 2 aliphatic carbocycles. The molecule has 1 unspecified atom stereocenters. The first-order valence-electron chi connectivity index (χ1n) is 23.7. The molecule has 4 N–H and O–H groups in total. The van der Waals surface area contributed by atoms with Crippen LogP contribution in [0.5, 0.6) is 0 Å². The van der Waals surface area contributed by atoms with Crippen molar-refractivity contribution < 1.29 is 24.0 Å². The molecule has 0 aromatic heterocycles. The molecule has 0 radical (unpaired) electrons. The van der Waals surface area contributed by atoms with E-state index in [2.05, 4.69) is 52.5 Å². The average Bonchev–Trinajstić information content (AvgIpc) is 4.22. The van der Waals surface area contributed by atoms with Gasteiger partial charge in [-0.2, -0.15) is 0 Å². The molecular formula is C51H68N6O5. The van der Waals surface area contributed by atoms with E-state index >= 15 is 0 Å². The number of hydrogen-bond acceptors (Lipinski definition) is 6. The van der Waals surface area contributed by atoms with Gasteiger partial charge in [0.25, 0.3) is 11.8 Å². The van der Waals surface area contributed by atoms with Crippen LogP contribution in [0.2, 0.25) is 0 Å². The Labute approximate surface area is 368 Å². The molecule has 62 heavy (non-hydrogen) atoms. The van der Waals surface area contributed by atoms with E-state index < -0.39 is 17.9 Å². The molecule has 0 spiro atoms. The number of carbonyl (C=O) groups excluding carboxylic acids is 5. The first-order chi connectivity index (χ1) is 30.3. The van der Waals surface area contributed by atoms with E-state index in [0.29, 0.717) is 30.8 Å². The number of nitrogens with zero attached hydrogens (tertiary/aromatic N) is 2. The Morgan fingerprint density at radius 1 is 0.548 bits per heavy atom. The van der Waals surface area contributed by atoms with Gasteiger partial charge in [0.1, 0.15) is 6.04 Å². The Balaban J connectivity index is 0.875. The van der Waals surface area contributed by atoms with Gasteiger partial charge in [0, 0.05) is 74.3 Å². The fraction of sp³-hybridized carbons (Fsp3) is 0.549. The van der Waals surface area contributed by atoms with E-state index in [0.717, 1.165) is 25.7 Å². The maximum Gasteiger partial charge on any atom is 0.253 e. The summed E-state index contributed by atoms with van der Waals surface area (Å²) in [7, 11) is 0. The van der Waals surface area contributed by atoms with Crippen LogP contribution in [0, 0.1) is 11.8 Å². The lowest BCUT2D eigenvalue weighted by Gasteiger charge is -2.33. The standard InChI is InChI=1S/C51H68N6O5/c1-2-3-4-5-6-7-8-9-10-11-12-19-28-53-49(60)46-35-56(30-29-52-46)50(61)38-24-26-39(27-25-38)51(62)57-33-42(47(58)54-44-31-40(44)36-20-15-13-16-21-36)43(34-57)48(59)55-45-32-41(45)37-22-17-14-18-23-37/h13-18,20-27,40-46,52H,2-12,19,28-35H2,1H3,(H,53,60)(H,54,58)(H,55,59)/t40-,41-,42-,43-,44+,45+,46?/m1/s1. The number of benzene rings is 3. The van der Waals surface area contributed by atoms with Gasteiger partial charge in [0.05, 0.1) is 11.8 Å². The molecule has 4 aliphatic rings. The molecule has 5 amide bonds. The highest BCUT2D eigenvalue weighted by Gasteiger charge is 2.49. The second kappa shape index (κ2) is 22.4. The smallest absolute Gasteiger partial charge is 0.253 e. The first kappa shape index (κ1) is 45.0. The molecule has 2 aliphatic heterocycles. The fourth-order valence-electron chi connectivity index (χ4n) is 9.46. The lowest BCUT2D eigenvalue weighted by molar-refractivity contribution is -0.133. The number of hydrogen-bond donors (Lipinski definition) is 4. The number of carbonyl (C=O) groups is 5. The largest absolute Gasteiger partial charge is 0.355 e. The summed E-state index contributed by atoms with van der Waals surface area (Å²) in [5.74, 6) is -1.86. The van der Waals surface area contributed by atoms with Crippen LogP contribution in [0.25, 0.3) is 0 Å². The molecule has 3 aromatic rings. The van der Waals surface area contributed by atoms with Gasteiger partial charge in [-0.15, -0.1) is 0 Å². The number of rotatable bonds is 22. The summed E-state index contributed by atoms with van der Waals surface area (Å²) in [5, 5.41) is 12.7. The number of unbranched alkanes of at least 4 members (excludes halogenated alkanes) is 11. The topological polar surface area (TPSA) is 140 Å². The molecule has 2 saturated carbocycles. The molecule has 7 atom stereocenters. The van der Waals surface area contributed by atoms with Crippen molar-refractivity contribution in [3.05, 3.63) is 107 Å². The van der Waals surface area contributed by atoms with Gasteiger partial charge in [-0.25, -0.2) is 0 Å². The highest BCUT2D eigenvalue weighted by Crippen LogP contribution is 2.42. The predicted molar refractivity (Wildman–Crippen MR) is 243 cm³/mol. The monoisotopic (exact) mass is 845 g/mol. The number of nitrogens with one attached hydrogen (secondary N) is 4. The van der Waals surface area contributed by atoms with Crippen molar-refractivity contribution in [2.45, 2.75) is 127 Å². The maximum atomic E-state index is 14.0. The lowest BCUT2D eigenvalue weighted by atomic mass is 9.94. The highest BCUT2D eigenvalue weighted by atomic mass is 16.2. The summed E-state index contributed by atoms with van der Waals surface area (Å²) in [6.45, 7) is 4.40. The van der Waals surface area contributed by atoms with Gasteiger partial charge >= 0.3 is 0 Å². The molecule has 4 fully saturated rings. The van der Waals surface area contributed by atoms with Gasteiger partial charge in [-0.05, 0) is 54.7 Å². The van der Waals surface area contributed by atoms with Crippen molar-refractivity contribution in [2.24, 2.45) is 11.8 Å². The third kappa shape index (κ3) is 12.3. The minimum Gasteiger partial charge on any atom is -0.355 e. The van der Waals surface area contributed by atoms with Crippen LogP contribution in [0.1, 0.15) is 140 Å². The van der Waals surface area contributed by atoms with Crippen LogP contribution in [0.3, 0.4) is 0 Å². The summed E-state index contributed by atoms with van der Waals surface area (Å²) in [6, 6.07) is 26.3. The molecule has 2 saturated heterocycles. The van der Waals surface area contributed by atoms with Crippen molar-refractivity contribution in [2.75, 3.05) is 39.3 Å². The molecule has 7 rings (SSSR count). The quantitative estimate of drug-likeness (QED) is 0.0808. The third-order valence-electron chi connectivity index (χ3n) is 13.5. The van der Waals surface area contributed by atoms with E-state index in [1.807, 2.05) is 36.4 Å². The second-order valence-electron chi connectivity index (χ2n) is 18.2. The zero-order chi connectivity index (χ0) is 43.3. The van der Waals surface area contributed by atoms with Crippen molar-refractivity contribution >= 4 is 29.5 Å². The van der Waals surface area contributed by atoms with Crippen molar-refractivity contribution in [3.8, 4) is 0 Å². The van der Waals surface area contributed by atoms with E-state index in [1.54, 1.807) is 34.1 Å². The van der Waals surface area contributed by atoms with Gasteiger partial charge in [-0.3, -0.25) is 24.0 Å². The van der Waals surface area contributed by atoms with Crippen molar-refractivity contribution in [3.63, 3.8) is 0 Å². The van der Waals surface area contributed by atoms with E-state index in [1.165, 1.54) is 75.3 Å². The van der Waals surface area contributed by atoms with Crippen LogP contribution in [0.4, 0.5) is 0 Å². The van der Waals surface area contributed by atoms with Gasteiger partial charge in [-0.1, -0.05) is 138 Å². The van der Waals surface area contributed by atoms with Crippen molar-refractivity contribution in [1.82, 2.24) is 31.1 Å². The van der Waals surface area contributed by atoms with Crippen LogP contribution >= 0.6 is 0 Å². The molecule has 2 heterocycles. The molecule has 11 nitrogen and oxygen atoms in total. The maximum absolute atomic E-state index is 14.0. The zero-order valence-electron chi connectivity index (χ0n) is 36.7. The van der Waals surface area contributed by atoms with Crippen LogP contribution in [0.15, 0.2) is 84.9 Å². The van der Waals surface area contributed by atoms with Crippen LogP contribution in [-0.2, 0) is 14.4 Å². The Morgan fingerprint density at radius 2 is 1.00 bits per heavy atom. The van der Waals surface area contributed by atoms with E-state index in [4.69, 9.17) is 0 Å². The van der Waals surface area contributed by atoms with Crippen molar-refractivity contribution in [1.29, 1.82) is 0 Å². The first-order valence-corrected chi connectivity index (χ1v) is 23.7. The Morgan fingerprint density at radius 3 is 1.48 bits per heavy atom. The number of amides is 5. The summed E-state index contributed by atoms with van der Waals surface area (Å²) in [4.78, 5) is 71.7. The van der Waals surface area contributed by atoms with Gasteiger partial charge in [0.15, 0.2) is 0 Å². The van der Waals surface area contributed by atoms with Gasteiger partial charge in [0.2, 0.25) is 17.7 Å². The molecular weight excluding hydrogens is 777 g/mol. The minimum absolute atomic E-state index is 0.00116. The second-order valence-corrected chi connectivity index (χ2v) is 18.2. The Bertz CT molecular complexity index is 1870. The summed E-state index contributed by atoms with van der Waals surface area (Å²) < 4.78 is 0.